The normalized spacial score (nSPS) is 10.9. The van der Waals surface area contributed by atoms with Gasteiger partial charge in [-0.25, -0.2) is 4.39 Å². The summed E-state index contributed by atoms with van der Waals surface area (Å²) >= 11 is 5.24. The molecule has 2 N–H and O–H groups in total. The van der Waals surface area contributed by atoms with Gasteiger partial charge in [-0.15, -0.1) is 0 Å². The van der Waals surface area contributed by atoms with E-state index in [4.69, 9.17) is 5.41 Å². The molecule has 0 aliphatic carbocycles. The first-order valence-corrected chi connectivity index (χ1v) is 8.63. The van der Waals surface area contributed by atoms with Crippen molar-refractivity contribution < 1.29 is 4.39 Å². The van der Waals surface area contributed by atoms with Gasteiger partial charge in [0.2, 0.25) is 0 Å². The molecule has 6 heteroatoms. The molecule has 14 heavy (non-hydrogen) atoms. The zero-order valence-electron chi connectivity index (χ0n) is 7.29. The summed E-state index contributed by atoms with van der Waals surface area (Å²) in [6.07, 6.45) is 0.380. The Kier molecular flexibility index (Phi) is 4.73. The van der Waals surface area contributed by atoms with Crippen LogP contribution in [0.2, 0.25) is 0 Å². The summed E-state index contributed by atoms with van der Waals surface area (Å²) in [6.45, 7) is 1.64. The largest absolute Gasteiger partial charge is 0.356 e. The number of rotatable bonds is 3. The van der Waals surface area contributed by atoms with E-state index in [0.29, 0.717) is 27.8 Å². The van der Waals surface area contributed by atoms with E-state index in [2.05, 4.69) is 43.1 Å². The van der Waals surface area contributed by atoms with E-state index in [9.17, 15) is 4.39 Å². The van der Waals surface area contributed by atoms with Gasteiger partial charge in [-0.2, -0.15) is 0 Å². The van der Waals surface area contributed by atoms with Gasteiger partial charge in [0.1, 0.15) is 0 Å². The fourth-order valence-corrected chi connectivity index (χ4v) is 2.51. The van der Waals surface area contributed by atoms with Gasteiger partial charge in [-0.05, 0) is 57.0 Å². The molecule has 1 aromatic rings. The van der Waals surface area contributed by atoms with Crippen molar-refractivity contribution >= 4 is 55.7 Å². The first-order chi connectivity index (χ1) is 6.57. The van der Waals surface area contributed by atoms with Crippen molar-refractivity contribution in [1.29, 1.82) is 5.41 Å². The molecule has 0 aliphatic rings. The minimum absolute atomic E-state index is 0.335. The predicted octanol–water partition coefficient (Wildman–Crippen LogP) is 4.33. The van der Waals surface area contributed by atoms with Crippen LogP contribution >= 0.6 is 44.3 Å². The van der Waals surface area contributed by atoms with Gasteiger partial charge in [0.05, 0.1) is 10.2 Å². The number of nitrogens with one attached hydrogen (secondary N) is 2. The third-order valence-electron chi connectivity index (χ3n) is 1.67. The van der Waals surface area contributed by atoms with E-state index in [0.717, 1.165) is 0 Å². The molecule has 0 spiro atoms. The summed E-state index contributed by atoms with van der Waals surface area (Å²) in [5.74, 6) is -0.335. The number of benzene rings is 1. The van der Waals surface area contributed by atoms with Gasteiger partial charge in [0, 0.05) is 17.6 Å². The van der Waals surface area contributed by atoms with Gasteiger partial charge < -0.3 is 10.5 Å². The average Bonchev–Trinajstić information content (AvgIpc) is 2.13. The smallest absolute Gasteiger partial charge is 0.161 e. The minimum Gasteiger partial charge on any atom is -0.356 e. The quantitative estimate of drug-likeness (QED) is 0.451. The van der Waals surface area contributed by atoms with Crippen molar-refractivity contribution in [2.75, 3.05) is 5.09 Å². The molecule has 1 aromatic carbocycles. The van der Waals surface area contributed by atoms with E-state index < -0.39 is 0 Å². The van der Waals surface area contributed by atoms with E-state index in [1.807, 2.05) is 0 Å². The summed E-state index contributed by atoms with van der Waals surface area (Å²) in [4.78, 5) is 0. The lowest BCUT2D eigenvalue weighted by Crippen LogP contribution is -2.00. The molecule has 1 rings (SSSR count). The fraction of sp³-hybridized carbons (Fsp3) is 0.125. The summed E-state index contributed by atoms with van der Waals surface area (Å²) in [7, 11) is 0. The zero-order chi connectivity index (χ0) is 10.7. The van der Waals surface area contributed by atoms with Crippen LogP contribution in [0.4, 0.5) is 10.1 Å². The maximum absolute atomic E-state index is 13.6. The molecule has 0 amide bonds. The Bertz CT molecular complexity index is 373. The molecule has 0 heterocycles. The maximum Gasteiger partial charge on any atom is 0.161 e. The Balaban J connectivity index is 3.29. The molecule has 0 fully saturated rings. The molecule has 1 unspecified atom stereocenters. The zero-order valence-corrected chi connectivity index (χ0v) is 12.0. The van der Waals surface area contributed by atoms with E-state index >= 15 is 0 Å². The Hall–Kier alpha value is 0.260. The van der Waals surface area contributed by atoms with Crippen LogP contribution in [0.3, 0.4) is 0 Å². The van der Waals surface area contributed by atoms with Crippen LogP contribution in [-0.4, -0.2) is 5.71 Å². The highest BCUT2D eigenvalue weighted by Crippen LogP contribution is 2.32. The van der Waals surface area contributed by atoms with E-state index in [-0.39, 0.29) is 5.82 Å². The molecule has 0 bridgehead atoms. The Morgan fingerprint density at radius 1 is 1.64 bits per heavy atom. The Morgan fingerprint density at radius 3 is 2.79 bits per heavy atom. The Morgan fingerprint density at radius 2 is 2.29 bits per heavy atom. The third kappa shape index (κ3) is 2.64. The van der Waals surface area contributed by atoms with Crippen LogP contribution in [0.1, 0.15) is 12.5 Å². The molecule has 76 valence electrons. The lowest BCUT2D eigenvalue weighted by molar-refractivity contribution is 0.625. The highest BCUT2D eigenvalue weighted by atomic mass is 127. The molecular formula is C8H8BrFIN2P. The summed E-state index contributed by atoms with van der Waals surface area (Å²) in [5.41, 5.74) is 1.36. The number of anilines is 1. The number of halogens is 3. The topological polar surface area (TPSA) is 35.9 Å². The van der Waals surface area contributed by atoms with Crippen molar-refractivity contribution in [3.05, 3.63) is 28.0 Å². The Labute approximate surface area is 105 Å². The van der Waals surface area contributed by atoms with Crippen LogP contribution in [0.15, 0.2) is 16.6 Å². The van der Waals surface area contributed by atoms with Crippen molar-refractivity contribution in [2.24, 2.45) is 0 Å². The van der Waals surface area contributed by atoms with Crippen LogP contribution < -0.4 is 5.09 Å². The molecule has 0 saturated heterocycles. The molecule has 0 radical (unpaired) electrons. The molecule has 2 nitrogen and oxygen atoms in total. The predicted molar refractivity (Wildman–Crippen MR) is 72.6 cm³/mol. The standard InChI is InChI=1S/C8H8BrFIN2P/c1-4(12)5-2-3-6(9)7(10)8(5)13-14-11/h2-3,12-14H,1H3. The highest BCUT2D eigenvalue weighted by molar-refractivity contribution is 14.2. The van der Waals surface area contributed by atoms with E-state index in [1.54, 1.807) is 19.1 Å². The lowest BCUT2D eigenvalue weighted by Gasteiger charge is -2.11. The van der Waals surface area contributed by atoms with Gasteiger partial charge in [0.15, 0.2) is 5.82 Å². The first-order valence-electron chi connectivity index (χ1n) is 3.73. The van der Waals surface area contributed by atoms with Crippen molar-refractivity contribution in [2.45, 2.75) is 6.92 Å². The summed E-state index contributed by atoms with van der Waals surface area (Å²) < 4.78 is 14.0. The number of hydrogen-bond acceptors (Lipinski definition) is 2. The molecule has 0 aromatic heterocycles. The second-order valence-electron chi connectivity index (χ2n) is 2.63. The van der Waals surface area contributed by atoms with Gasteiger partial charge in [-0.1, -0.05) is 0 Å². The van der Waals surface area contributed by atoms with Crippen LogP contribution in [0.5, 0.6) is 0 Å². The molecule has 0 saturated carbocycles. The number of hydrogen-bond donors (Lipinski definition) is 2. The summed E-state index contributed by atoms with van der Waals surface area (Å²) in [6, 6.07) is 3.35. The van der Waals surface area contributed by atoms with Gasteiger partial charge in [0.25, 0.3) is 0 Å². The lowest BCUT2D eigenvalue weighted by atomic mass is 10.1. The second-order valence-corrected chi connectivity index (χ2v) is 5.54. The maximum atomic E-state index is 13.6. The molecular weight excluding hydrogens is 381 g/mol. The molecule has 0 aliphatic heterocycles. The van der Waals surface area contributed by atoms with E-state index in [1.165, 1.54) is 0 Å². The highest BCUT2D eigenvalue weighted by Gasteiger charge is 2.12. The van der Waals surface area contributed by atoms with Gasteiger partial charge in [-0.3, -0.25) is 0 Å². The molecule has 1 atom stereocenters. The van der Waals surface area contributed by atoms with Crippen molar-refractivity contribution in [3.63, 3.8) is 0 Å². The average molecular weight is 389 g/mol. The van der Waals surface area contributed by atoms with Crippen molar-refractivity contribution in [1.82, 2.24) is 0 Å². The first kappa shape index (κ1) is 12.3. The van der Waals surface area contributed by atoms with Crippen LogP contribution in [0, 0.1) is 11.2 Å². The SMILES string of the molecule is CC(=N)c1ccc(Br)c(F)c1NPI. The van der Waals surface area contributed by atoms with Crippen molar-refractivity contribution in [3.8, 4) is 0 Å². The fourth-order valence-electron chi connectivity index (χ4n) is 1.03. The second kappa shape index (κ2) is 5.37. The van der Waals surface area contributed by atoms with Crippen LogP contribution in [-0.2, 0) is 0 Å². The monoisotopic (exact) mass is 388 g/mol. The van der Waals surface area contributed by atoms with Crippen LogP contribution in [0.25, 0.3) is 0 Å². The minimum atomic E-state index is -0.335. The van der Waals surface area contributed by atoms with Gasteiger partial charge >= 0.3 is 0 Å². The summed E-state index contributed by atoms with van der Waals surface area (Å²) in [5, 5.41) is 10.4. The third-order valence-corrected chi connectivity index (χ3v) is 3.44.